The van der Waals surface area contributed by atoms with Gasteiger partial charge in [0.15, 0.2) is 4.87 Å². The lowest BCUT2D eigenvalue weighted by molar-refractivity contribution is -0.147. The normalized spacial score (nSPS) is 23.7. The summed E-state index contributed by atoms with van der Waals surface area (Å²) in [6.45, 7) is 2.04. The van der Waals surface area contributed by atoms with E-state index in [1.54, 1.807) is 6.92 Å². The first kappa shape index (κ1) is 20.8. The second-order valence-electron chi connectivity index (χ2n) is 6.79. The van der Waals surface area contributed by atoms with E-state index in [4.69, 9.17) is 9.47 Å². The highest BCUT2D eigenvalue weighted by molar-refractivity contribution is 8.04. The quantitative estimate of drug-likeness (QED) is 0.483. The topological polar surface area (TPSA) is 93.2 Å². The number of amides is 2. The maximum absolute atomic E-state index is 13.0. The minimum Gasteiger partial charge on any atom is -0.463 e. The van der Waals surface area contributed by atoms with E-state index in [1.807, 2.05) is 24.3 Å². The Balaban J connectivity index is 1.42. The molecule has 4 rings (SSSR count). The maximum atomic E-state index is 13.0. The van der Waals surface area contributed by atoms with Crippen LogP contribution >= 0.6 is 23.5 Å². The molecule has 0 saturated carbocycles. The van der Waals surface area contributed by atoms with Crippen LogP contribution in [0.3, 0.4) is 0 Å². The number of nitrogens with zero attached hydrogens (tertiary/aromatic N) is 2. The Morgan fingerprint density at radius 3 is 2.80 bits per heavy atom. The number of carbonyl (C=O) groups excluding carboxylic acids is 4. The van der Waals surface area contributed by atoms with Crippen molar-refractivity contribution in [2.75, 3.05) is 30.4 Å². The molecule has 8 nitrogen and oxygen atoms in total. The summed E-state index contributed by atoms with van der Waals surface area (Å²) < 4.78 is 10.4. The van der Waals surface area contributed by atoms with Crippen LogP contribution in [0.4, 0.5) is 5.69 Å². The van der Waals surface area contributed by atoms with E-state index in [2.05, 4.69) is 0 Å². The minimum absolute atomic E-state index is 0.0357. The van der Waals surface area contributed by atoms with Crippen molar-refractivity contribution in [2.24, 2.45) is 0 Å². The number of thioether (sulfide) groups is 2. The monoisotopic (exact) mass is 448 g/mol. The average molecular weight is 449 g/mol. The van der Waals surface area contributed by atoms with Gasteiger partial charge in [0.25, 0.3) is 0 Å². The van der Waals surface area contributed by atoms with Crippen molar-refractivity contribution >= 4 is 53.0 Å². The standard InChI is InChI=1S/C20H20N2O6S2/c1-2-27-18(25)11-17-21(16(24)12-29-17)9-10-28-19(26)20-8-7-15(23)22(20)13-5-3-4-6-14(13)30-20/h3-6,11H,2,7-10,12H2,1H3/b17-11-. The summed E-state index contributed by atoms with van der Waals surface area (Å²) in [6.07, 6.45) is 1.93. The summed E-state index contributed by atoms with van der Waals surface area (Å²) in [5, 5.41) is 0.480. The fourth-order valence-corrected chi connectivity index (χ4v) is 6.04. The van der Waals surface area contributed by atoms with Crippen molar-refractivity contribution in [1.29, 1.82) is 0 Å². The fourth-order valence-electron chi connectivity index (χ4n) is 3.67. The van der Waals surface area contributed by atoms with Gasteiger partial charge in [0.2, 0.25) is 11.8 Å². The van der Waals surface area contributed by atoms with E-state index in [0.717, 1.165) is 10.6 Å². The Labute approximate surface area is 181 Å². The Bertz CT molecular complexity index is 949. The summed E-state index contributed by atoms with van der Waals surface area (Å²) in [6, 6.07) is 7.41. The molecule has 3 aliphatic rings. The highest BCUT2D eigenvalue weighted by Crippen LogP contribution is 2.56. The summed E-state index contributed by atoms with van der Waals surface area (Å²) in [5.74, 6) is -1.06. The number of hydrogen-bond acceptors (Lipinski definition) is 8. The van der Waals surface area contributed by atoms with Gasteiger partial charge in [-0.1, -0.05) is 35.7 Å². The molecule has 0 spiro atoms. The maximum Gasteiger partial charge on any atom is 0.343 e. The first-order valence-electron chi connectivity index (χ1n) is 9.56. The van der Waals surface area contributed by atoms with E-state index in [1.165, 1.54) is 39.4 Å². The number of carbonyl (C=O) groups is 4. The van der Waals surface area contributed by atoms with Gasteiger partial charge in [-0.05, 0) is 19.1 Å². The number of benzene rings is 1. The van der Waals surface area contributed by atoms with Gasteiger partial charge >= 0.3 is 11.9 Å². The fraction of sp³-hybridized carbons (Fsp3) is 0.400. The predicted molar refractivity (Wildman–Crippen MR) is 112 cm³/mol. The third kappa shape index (κ3) is 3.58. The molecule has 30 heavy (non-hydrogen) atoms. The molecule has 3 heterocycles. The van der Waals surface area contributed by atoms with E-state index in [9.17, 15) is 19.2 Å². The third-order valence-electron chi connectivity index (χ3n) is 4.98. The molecular formula is C20H20N2O6S2. The molecule has 0 bridgehead atoms. The van der Waals surface area contributed by atoms with Gasteiger partial charge in [0.1, 0.15) is 6.61 Å². The van der Waals surface area contributed by atoms with Gasteiger partial charge in [-0.25, -0.2) is 9.59 Å². The predicted octanol–water partition coefficient (Wildman–Crippen LogP) is 2.14. The summed E-state index contributed by atoms with van der Waals surface area (Å²) in [4.78, 5) is 52.1. The second-order valence-corrected chi connectivity index (χ2v) is 9.10. The lowest BCUT2D eigenvalue weighted by Crippen LogP contribution is -2.48. The third-order valence-corrected chi connectivity index (χ3v) is 7.46. The van der Waals surface area contributed by atoms with Gasteiger partial charge < -0.3 is 14.4 Å². The van der Waals surface area contributed by atoms with E-state index in [-0.39, 0.29) is 43.7 Å². The minimum atomic E-state index is -1.09. The van der Waals surface area contributed by atoms with Crippen molar-refractivity contribution in [3.05, 3.63) is 35.4 Å². The SMILES string of the molecule is CCOC(=O)/C=C1\SCC(=O)N1CCOC(=O)C12CCC(=O)N1c1ccccc1S2. The zero-order chi connectivity index (χ0) is 21.3. The summed E-state index contributed by atoms with van der Waals surface area (Å²) >= 11 is 2.58. The van der Waals surface area contributed by atoms with Gasteiger partial charge in [0, 0.05) is 17.7 Å². The van der Waals surface area contributed by atoms with Crippen LogP contribution in [-0.2, 0) is 28.7 Å². The molecule has 1 aromatic rings. The van der Waals surface area contributed by atoms with Crippen molar-refractivity contribution in [3.63, 3.8) is 0 Å². The number of rotatable bonds is 6. The van der Waals surface area contributed by atoms with Crippen molar-refractivity contribution in [3.8, 4) is 0 Å². The number of para-hydroxylation sites is 1. The van der Waals surface area contributed by atoms with Crippen LogP contribution in [0.2, 0.25) is 0 Å². The molecular weight excluding hydrogens is 428 g/mol. The summed E-state index contributed by atoms with van der Waals surface area (Å²) in [5.41, 5.74) is 0.729. The van der Waals surface area contributed by atoms with Crippen LogP contribution in [0, 0.1) is 0 Å². The van der Waals surface area contributed by atoms with Crippen LogP contribution in [0.15, 0.2) is 40.3 Å². The first-order valence-corrected chi connectivity index (χ1v) is 11.4. The molecule has 10 heteroatoms. The number of hydrogen-bond donors (Lipinski definition) is 0. The molecule has 1 unspecified atom stereocenters. The van der Waals surface area contributed by atoms with Gasteiger partial charge in [0.05, 0.1) is 35.7 Å². The lowest BCUT2D eigenvalue weighted by atomic mass is 10.2. The van der Waals surface area contributed by atoms with E-state index in [0.29, 0.717) is 11.4 Å². The van der Waals surface area contributed by atoms with Crippen LogP contribution in [0.5, 0.6) is 0 Å². The van der Waals surface area contributed by atoms with Crippen molar-refractivity contribution < 1.29 is 28.7 Å². The zero-order valence-electron chi connectivity index (χ0n) is 16.3. The molecule has 0 aliphatic carbocycles. The molecule has 2 fully saturated rings. The smallest absolute Gasteiger partial charge is 0.343 e. The van der Waals surface area contributed by atoms with Crippen molar-refractivity contribution in [1.82, 2.24) is 4.90 Å². The Kier molecular flexibility index (Phi) is 5.79. The lowest BCUT2D eigenvalue weighted by Gasteiger charge is -2.29. The average Bonchev–Trinajstić information content (AvgIpc) is 3.35. The molecule has 0 radical (unpaired) electrons. The molecule has 1 atom stereocenters. The largest absolute Gasteiger partial charge is 0.463 e. The van der Waals surface area contributed by atoms with Crippen LogP contribution < -0.4 is 4.90 Å². The second kappa shape index (κ2) is 8.35. The number of esters is 2. The highest BCUT2D eigenvalue weighted by atomic mass is 32.2. The Morgan fingerprint density at radius 1 is 1.20 bits per heavy atom. The number of ether oxygens (including phenoxy) is 2. The van der Waals surface area contributed by atoms with Gasteiger partial charge in [-0.15, -0.1) is 0 Å². The van der Waals surface area contributed by atoms with Gasteiger partial charge in [-0.2, -0.15) is 0 Å². The molecule has 0 N–H and O–H groups in total. The molecule has 0 aromatic heterocycles. The van der Waals surface area contributed by atoms with Crippen molar-refractivity contribution in [2.45, 2.75) is 29.5 Å². The number of anilines is 1. The molecule has 2 amide bonds. The highest BCUT2D eigenvalue weighted by Gasteiger charge is 2.58. The van der Waals surface area contributed by atoms with Crippen LogP contribution in [0.1, 0.15) is 19.8 Å². The van der Waals surface area contributed by atoms with E-state index >= 15 is 0 Å². The first-order chi connectivity index (χ1) is 14.5. The van der Waals surface area contributed by atoms with Crippen LogP contribution in [-0.4, -0.2) is 59.0 Å². The number of fused-ring (bicyclic) bond motifs is 3. The summed E-state index contributed by atoms with van der Waals surface area (Å²) in [7, 11) is 0. The molecule has 1 aromatic carbocycles. The molecule has 2 saturated heterocycles. The molecule has 3 aliphatic heterocycles. The Morgan fingerprint density at radius 2 is 2.00 bits per heavy atom. The molecule has 158 valence electrons. The van der Waals surface area contributed by atoms with Crippen LogP contribution in [0.25, 0.3) is 0 Å². The Hall–Kier alpha value is -2.46. The van der Waals surface area contributed by atoms with Gasteiger partial charge in [-0.3, -0.25) is 14.5 Å². The van der Waals surface area contributed by atoms with E-state index < -0.39 is 16.8 Å². The zero-order valence-corrected chi connectivity index (χ0v) is 17.9.